The molecule has 0 spiro atoms. The Bertz CT molecular complexity index is 1220. The second-order valence-corrected chi connectivity index (χ2v) is 13.9. The predicted octanol–water partition coefficient (Wildman–Crippen LogP) is 2.11. The first-order chi connectivity index (χ1) is 17.2. The molecule has 0 aliphatic heterocycles. The van der Waals surface area contributed by atoms with E-state index in [1.807, 2.05) is 44.2 Å². The highest BCUT2D eigenvalue weighted by molar-refractivity contribution is 7.90. The highest BCUT2D eigenvalue weighted by atomic mass is 32.2. The van der Waals surface area contributed by atoms with E-state index in [1.165, 1.54) is 30.5 Å². The molecule has 0 aliphatic rings. The molecule has 2 N–H and O–H groups in total. The molecule has 0 bridgehead atoms. The van der Waals surface area contributed by atoms with Crippen molar-refractivity contribution in [1.82, 2.24) is 9.62 Å². The third kappa shape index (κ3) is 9.73. The number of methoxy groups -OCH3 is 1. The molecule has 2 rings (SSSR count). The number of aliphatic hydroxyl groups is 1. The van der Waals surface area contributed by atoms with Gasteiger partial charge in [-0.15, -0.1) is 0 Å². The largest absolute Gasteiger partial charge is 0.497 e. The van der Waals surface area contributed by atoms with Gasteiger partial charge in [0.2, 0.25) is 15.9 Å². The van der Waals surface area contributed by atoms with E-state index in [4.69, 9.17) is 4.74 Å². The van der Waals surface area contributed by atoms with Gasteiger partial charge in [-0.3, -0.25) is 4.79 Å². The lowest BCUT2D eigenvalue weighted by molar-refractivity contribution is -0.125. The van der Waals surface area contributed by atoms with Gasteiger partial charge in [-0.25, -0.2) is 16.8 Å². The zero-order chi connectivity index (χ0) is 27.8. The summed E-state index contributed by atoms with van der Waals surface area (Å²) >= 11 is 0. The van der Waals surface area contributed by atoms with E-state index in [1.54, 1.807) is 12.1 Å². The SMILES string of the molecule is COc1ccc(S(=O)(=O)N(CC(C)C)CC(O)[C@H](Cc2ccccc2)NC(=O)[C@H](C)CS(C)(=O)=O)cc1. The van der Waals surface area contributed by atoms with E-state index >= 15 is 0 Å². The first kappa shape index (κ1) is 30.8. The van der Waals surface area contributed by atoms with Crippen molar-refractivity contribution in [3.63, 3.8) is 0 Å². The van der Waals surface area contributed by atoms with Crippen molar-refractivity contribution in [2.24, 2.45) is 11.8 Å². The summed E-state index contributed by atoms with van der Waals surface area (Å²) < 4.78 is 56.7. The minimum Gasteiger partial charge on any atom is -0.497 e. The average molecular weight is 555 g/mol. The summed E-state index contributed by atoms with van der Waals surface area (Å²) in [6.07, 6.45) is 0.0274. The lowest BCUT2D eigenvalue weighted by Crippen LogP contribution is -2.52. The predicted molar refractivity (Wildman–Crippen MR) is 144 cm³/mol. The van der Waals surface area contributed by atoms with E-state index in [9.17, 15) is 26.7 Å². The Balaban J connectivity index is 2.33. The quantitative estimate of drug-likeness (QED) is 0.366. The number of hydrogen-bond donors (Lipinski definition) is 2. The molecule has 9 nitrogen and oxygen atoms in total. The summed E-state index contributed by atoms with van der Waals surface area (Å²) in [5.41, 5.74) is 0.830. The van der Waals surface area contributed by atoms with Crippen LogP contribution in [-0.2, 0) is 31.1 Å². The number of ether oxygens (including phenoxy) is 1. The van der Waals surface area contributed by atoms with E-state index < -0.39 is 43.8 Å². The van der Waals surface area contributed by atoms with Gasteiger partial charge in [-0.1, -0.05) is 51.1 Å². The van der Waals surface area contributed by atoms with E-state index in [-0.39, 0.29) is 36.1 Å². The number of hydrogen-bond acceptors (Lipinski definition) is 7. The normalized spacial score (nSPS) is 14.8. The Morgan fingerprint density at radius 1 is 0.973 bits per heavy atom. The number of sulfonamides is 1. The number of rotatable bonds is 14. The van der Waals surface area contributed by atoms with Gasteiger partial charge in [0.05, 0.1) is 29.9 Å². The topological polar surface area (TPSA) is 130 Å². The van der Waals surface area contributed by atoms with Gasteiger partial charge in [-0.05, 0) is 42.2 Å². The second-order valence-electron chi connectivity index (χ2n) is 9.76. The zero-order valence-electron chi connectivity index (χ0n) is 22.0. The van der Waals surface area contributed by atoms with E-state index in [0.717, 1.165) is 11.8 Å². The lowest BCUT2D eigenvalue weighted by atomic mass is 10.00. The summed E-state index contributed by atoms with van der Waals surface area (Å²) in [6.45, 7) is 5.15. The van der Waals surface area contributed by atoms with Gasteiger partial charge in [-0.2, -0.15) is 4.31 Å². The monoisotopic (exact) mass is 554 g/mol. The van der Waals surface area contributed by atoms with E-state index in [0.29, 0.717) is 5.75 Å². The Kier molecular flexibility index (Phi) is 11.1. The van der Waals surface area contributed by atoms with Crippen LogP contribution in [0.3, 0.4) is 0 Å². The molecule has 0 aromatic heterocycles. The third-order valence-electron chi connectivity index (χ3n) is 5.75. The number of sulfone groups is 1. The average Bonchev–Trinajstić information content (AvgIpc) is 2.82. The van der Waals surface area contributed by atoms with Crippen molar-refractivity contribution in [2.75, 3.05) is 32.2 Å². The Labute approximate surface area is 220 Å². The van der Waals surface area contributed by atoms with Crippen molar-refractivity contribution in [3.8, 4) is 5.75 Å². The fraction of sp³-hybridized carbons (Fsp3) is 0.500. The minimum absolute atomic E-state index is 0.0304. The van der Waals surface area contributed by atoms with Crippen LogP contribution in [0.2, 0.25) is 0 Å². The second kappa shape index (κ2) is 13.4. The van der Waals surface area contributed by atoms with Crippen LogP contribution in [0.5, 0.6) is 5.75 Å². The molecule has 1 amide bonds. The van der Waals surface area contributed by atoms with Gasteiger partial charge in [0.1, 0.15) is 15.6 Å². The van der Waals surface area contributed by atoms with Gasteiger partial charge < -0.3 is 15.2 Å². The van der Waals surface area contributed by atoms with Crippen molar-refractivity contribution < 1.29 is 31.5 Å². The van der Waals surface area contributed by atoms with Gasteiger partial charge in [0.25, 0.3) is 0 Å². The summed E-state index contributed by atoms with van der Waals surface area (Å²) in [5, 5.41) is 14.0. The molecule has 0 fully saturated rings. The maximum atomic E-state index is 13.5. The summed E-state index contributed by atoms with van der Waals surface area (Å²) in [6, 6.07) is 14.3. The molecular formula is C26H38N2O7S2. The van der Waals surface area contributed by atoms with Crippen LogP contribution >= 0.6 is 0 Å². The van der Waals surface area contributed by atoms with Crippen molar-refractivity contribution in [1.29, 1.82) is 0 Å². The van der Waals surface area contributed by atoms with Crippen LogP contribution in [0.15, 0.2) is 59.5 Å². The highest BCUT2D eigenvalue weighted by Gasteiger charge is 2.32. The number of carbonyl (C=O) groups excluding carboxylic acids is 1. The number of nitrogens with one attached hydrogen (secondary N) is 1. The number of carbonyl (C=O) groups is 1. The molecule has 0 saturated heterocycles. The lowest BCUT2D eigenvalue weighted by Gasteiger charge is -2.31. The maximum absolute atomic E-state index is 13.5. The standard InChI is InChI=1S/C26H38N2O7S2/c1-19(2)16-28(37(33,34)23-13-11-22(35-4)12-14-23)17-25(29)24(15-21-9-7-6-8-10-21)27-26(30)20(3)18-36(5,31)32/h6-14,19-20,24-25,29H,15-18H2,1-5H3,(H,27,30)/t20-,24+,25?/m1/s1. The molecular weight excluding hydrogens is 516 g/mol. The number of nitrogens with zero attached hydrogens (tertiary/aromatic N) is 1. The number of amides is 1. The minimum atomic E-state index is -3.97. The molecule has 0 heterocycles. The van der Waals surface area contributed by atoms with E-state index in [2.05, 4.69) is 5.32 Å². The number of benzene rings is 2. The van der Waals surface area contributed by atoms with Gasteiger partial charge in [0, 0.05) is 25.3 Å². The molecule has 11 heteroatoms. The summed E-state index contributed by atoms with van der Waals surface area (Å²) in [7, 11) is -5.87. The summed E-state index contributed by atoms with van der Waals surface area (Å²) in [4.78, 5) is 12.9. The molecule has 1 unspecified atom stereocenters. The molecule has 37 heavy (non-hydrogen) atoms. The molecule has 2 aromatic rings. The van der Waals surface area contributed by atoms with Crippen molar-refractivity contribution >= 4 is 25.8 Å². The molecule has 2 aromatic carbocycles. The van der Waals surface area contributed by atoms with Crippen molar-refractivity contribution in [3.05, 3.63) is 60.2 Å². The first-order valence-corrected chi connectivity index (χ1v) is 15.6. The van der Waals surface area contributed by atoms with Crippen LogP contribution < -0.4 is 10.1 Å². The molecule has 0 aliphatic carbocycles. The highest BCUT2D eigenvalue weighted by Crippen LogP contribution is 2.22. The molecule has 206 valence electrons. The summed E-state index contributed by atoms with van der Waals surface area (Å²) in [5.74, 6) is -1.22. The Morgan fingerprint density at radius 2 is 1.57 bits per heavy atom. The smallest absolute Gasteiger partial charge is 0.243 e. The fourth-order valence-corrected chi connectivity index (χ4v) is 6.60. The number of aliphatic hydroxyl groups excluding tert-OH is 1. The maximum Gasteiger partial charge on any atom is 0.243 e. The Morgan fingerprint density at radius 3 is 2.08 bits per heavy atom. The van der Waals surface area contributed by atoms with Crippen molar-refractivity contribution in [2.45, 2.75) is 44.2 Å². The zero-order valence-corrected chi connectivity index (χ0v) is 23.6. The third-order valence-corrected chi connectivity index (χ3v) is 8.70. The molecule has 3 atom stereocenters. The fourth-order valence-electron chi connectivity index (χ4n) is 3.92. The van der Waals surface area contributed by atoms with Crippen LogP contribution in [0.25, 0.3) is 0 Å². The molecule has 0 radical (unpaired) electrons. The van der Waals surface area contributed by atoms with Gasteiger partial charge >= 0.3 is 0 Å². The van der Waals surface area contributed by atoms with Crippen LogP contribution in [0.1, 0.15) is 26.3 Å². The van der Waals surface area contributed by atoms with Crippen LogP contribution in [0.4, 0.5) is 0 Å². The van der Waals surface area contributed by atoms with Crippen LogP contribution in [-0.4, -0.2) is 76.5 Å². The first-order valence-electron chi connectivity index (χ1n) is 12.1. The van der Waals surface area contributed by atoms with Gasteiger partial charge in [0.15, 0.2) is 0 Å². The van der Waals surface area contributed by atoms with Crippen LogP contribution in [0, 0.1) is 11.8 Å². The Hall–Kier alpha value is -2.47. The molecule has 0 saturated carbocycles.